The average Bonchev–Trinajstić information content (AvgIpc) is 2.14. The van der Waals surface area contributed by atoms with Gasteiger partial charge in [-0.2, -0.15) is 5.11 Å². The Morgan fingerprint density at radius 2 is 2.07 bits per heavy atom. The summed E-state index contributed by atoms with van der Waals surface area (Å²) in [6.07, 6.45) is -0.185. The predicted molar refractivity (Wildman–Crippen MR) is 52.2 cm³/mol. The predicted octanol–water partition coefficient (Wildman–Crippen LogP) is 2.76. The van der Waals surface area contributed by atoms with Crippen molar-refractivity contribution >= 4 is 6.16 Å². The molecule has 0 bridgehead atoms. The molecule has 0 aromatic carbocycles. The second-order valence-corrected chi connectivity index (χ2v) is 3.39. The number of carbonyl (C=O) groups excluding carboxylic acids is 1. The van der Waals surface area contributed by atoms with Gasteiger partial charge in [-0.05, 0) is 20.8 Å². The van der Waals surface area contributed by atoms with Crippen LogP contribution in [0.25, 0.3) is 0 Å². The van der Waals surface area contributed by atoms with Crippen molar-refractivity contribution in [1.82, 2.24) is 0 Å². The van der Waals surface area contributed by atoms with E-state index in [9.17, 15) is 4.79 Å². The second-order valence-electron chi connectivity index (χ2n) is 3.39. The Bertz CT molecular complexity index is 216. The van der Waals surface area contributed by atoms with Crippen molar-refractivity contribution in [2.75, 3.05) is 7.11 Å². The zero-order chi connectivity index (χ0) is 11.2. The van der Waals surface area contributed by atoms with Crippen LogP contribution in [0, 0.1) is 0 Å². The van der Waals surface area contributed by atoms with E-state index in [2.05, 4.69) is 15.0 Å². The third-order valence-electron chi connectivity index (χ3n) is 1.63. The van der Waals surface area contributed by atoms with Gasteiger partial charge in [0.25, 0.3) is 0 Å². The molecule has 0 spiro atoms. The molecule has 0 saturated heterocycles. The van der Waals surface area contributed by atoms with Gasteiger partial charge >= 0.3 is 6.16 Å². The van der Waals surface area contributed by atoms with Gasteiger partial charge in [0.15, 0.2) is 0 Å². The van der Waals surface area contributed by atoms with E-state index in [1.807, 2.05) is 20.8 Å². The molecule has 82 valence electrons. The first-order valence-electron chi connectivity index (χ1n) is 4.62. The molecule has 1 unspecified atom stereocenters. The van der Waals surface area contributed by atoms with E-state index in [1.165, 1.54) is 7.11 Å². The van der Waals surface area contributed by atoms with Crippen LogP contribution in [0.1, 0.15) is 34.1 Å². The van der Waals surface area contributed by atoms with Gasteiger partial charge in [-0.25, -0.2) is 4.79 Å². The maximum Gasteiger partial charge on any atom is 0.510 e. The molecular weight excluding hydrogens is 184 g/mol. The first-order valence-corrected chi connectivity index (χ1v) is 4.62. The number of nitrogens with zero attached hydrogens (tertiary/aromatic N) is 2. The van der Waals surface area contributed by atoms with Gasteiger partial charge in [0.1, 0.15) is 0 Å². The van der Waals surface area contributed by atoms with Crippen molar-refractivity contribution in [3.63, 3.8) is 0 Å². The highest BCUT2D eigenvalue weighted by Gasteiger charge is 2.26. The van der Waals surface area contributed by atoms with Crippen LogP contribution in [0.2, 0.25) is 0 Å². The van der Waals surface area contributed by atoms with Crippen LogP contribution in [0.3, 0.4) is 0 Å². The zero-order valence-corrected chi connectivity index (χ0v) is 9.40. The van der Waals surface area contributed by atoms with Crippen molar-refractivity contribution in [1.29, 1.82) is 0 Å². The van der Waals surface area contributed by atoms with Crippen LogP contribution in [0.5, 0.6) is 0 Å². The van der Waals surface area contributed by atoms with Crippen molar-refractivity contribution in [2.24, 2.45) is 10.2 Å². The molecule has 0 aliphatic rings. The first-order chi connectivity index (χ1) is 6.43. The molecule has 0 aromatic heterocycles. The van der Waals surface area contributed by atoms with E-state index in [1.54, 1.807) is 6.92 Å². The number of hydrogen-bond donors (Lipinski definition) is 0. The van der Waals surface area contributed by atoms with Gasteiger partial charge in [-0.3, -0.25) is 0 Å². The monoisotopic (exact) mass is 202 g/mol. The fourth-order valence-corrected chi connectivity index (χ4v) is 0.622. The Labute approximate surface area is 84.5 Å². The molecule has 0 radical (unpaired) electrons. The molecule has 0 N–H and O–H groups in total. The molecule has 0 aliphatic carbocycles. The molecule has 0 amide bonds. The number of ether oxygens (including phenoxy) is 2. The highest BCUT2D eigenvalue weighted by Crippen LogP contribution is 2.18. The fourth-order valence-electron chi connectivity index (χ4n) is 0.622. The minimum Gasteiger partial charge on any atom is -0.438 e. The van der Waals surface area contributed by atoms with E-state index in [4.69, 9.17) is 4.74 Å². The molecule has 0 aromatic rings. The Morgan fingerprint density at radius 1 is 1.50 bits per heavy atom. The molecule has 14 heavy (non-hydrogen) atoms. The van der Waals surface area contributed by atoms with Crippen molar-refractivity contribution < 1.29 is 14.3 Å². The minimum absolute atomic E-state index is 0.0853. The van der Waals surface area contributed by atoms with Gasteiger partial charge in [-0.15, -0.1) is 5.11 Å². The third kappa shape index (κ3) is 4.79. The normalized spacial score (nSPS) is 15.6. The topological polar surface area (TPSA) is 60.2 Å². The highest BCUT2D eigenvalue weighted by molar-refractivity contribution is 5.60. The average molecular weight is 202 g/mol. The largest absolute Gasteiger partial charge is 0.510 e. The summed E-state index contributed by atoms with van der Waals surface area (Å²) < 4.78 is 9.36. The fraction of sp³-hybridized carbons (Fsp3) is 0.889. The Hall–Kier alpha value is -1.13. The maximum atomic E-state index is 10.9. The number of azo groups is 1. The summed E-state index contributed by atoms with van der Waals surface area (Å²) in [4.78, 5) is 10.9. The van der Waals surface area contributed by atoms with Gasteiger partial charge in [0.2, 0.25) is 5.72 Å². The molecule has 0 rings (SSSR count). The van der Waals surface area contributed by atoms with E-state index in [0.717, 1.165) is 0 Å². The summed E-state index contributed by atoms with van der Waals surface area (Å²) in [5.41, 5.74) is -0.919. The summed E-state index contributed by atoms with van der Waals surface area (Å²) in [6.45, 7) is 7.35. The molecular formula is C9H18N2O3. The van der Waals surface area contributed by atoms with Crippen LogP contribution >= 0.6 is 0 Å². The number of hydrogen-bond acceptors (Lipinski definition) is 5. The Kier molecular flexibility index (Phi) is 5.12. The van der Waals surface area contributed by atoms with Crippen molar-refractivity contribution in [2.45, 2.75) is 45.9 Å². The van der Waals surface area contributed by atoms with Gasteiger partial charge in [0.05, 0.1) is 13.2 Å². The molecule has 0 fully saturated rings. The molecule has 5 nitrogen and oxygen atoms in total. The second kappa shape index (κ2) is 5.57. The van der Waals surface area contributed by atoms with Crippen LogP contribution in [-0.2, 0) is 9.47 Å². The SMILES string of the molecule is CCC(C)(/N=N/C(C)C)OC(=O)OC. The lowest BCUT2D eigenvalue weighted by molar-refractivity contribution is -0.0189. The van der Waals surface area contributed by atoms with E-state index in [0.29, 0.717) is 6.42 Å². The summed E-state index contributed by atoms with van der Waals surface area (Å²) in [7, 11) is 1.26. The van der Waals surface area contributed by atoms with E-state index >= 15 is 0 Å². The Morgan fingerprint density at radius 3 is 2.43 bits per heavy atom. The van der Waals surface area contributed by atoms with Crippen molar-refractivity contribution in [3.05, 3.63) is 0 Å². The number of rotatable bonds is 4. The molecule has 1 atom stereocenters. The summed E-state index contributed by atoms with van der Waals surface area (Å²) >= 11 is 0. The lowest BCUT2D eigenvalue weighted by Crippen LogP contribution is -2.28. The lowest BCUT2D eigenvalue weighted by atomic mass is 10.2. The molecule has 0 heterocycles. The summed E-state index contributed by atoms with van der Waals surface area (Å²) in [5.74, 6) is 0. The first kappa shape index (κ1) is 12.9. The smallest absolute Gasteiger partial charge is 0.438 e. The van der Waals surface area contributed by atoms with Crippen LogP contribution < -0.4 is 0 Å². The summed E-state index contributed by atoms with van der Waals surface area (Å²) in [6, 6.07) is 0.0853. The quantitative estimate of drug-likeness (QED) is 0.520. The minimum atomic E-state index is -0.919. The van der Waals surface area contributed by atoms with Crippen LogP contribution in [-0.4, -0.2) is 25.0 Å². The van der Waals surface area contributed by atoms with Crippen LogP contribution in [0.4, 0.5) is 4.79 Å². The number of carbonyl (C=O) groups is 1. The van der Waals surface area contributed by atoms with E-state index in [-0.39, 0.29) is 6.04 Å². The van der Waals surface area contributed by atoms with Gasteiger partial charge < -0.3 is 9.47 Å². The summed E-state index contributed by atoms with van der Waals surface area (Å²) in [5, 5.41) is 7.91. The molecule has 0 saturated carbocycles. The standard InChI is InChI=1S/C9H18N2O3/c1-6-9(4,11-10-7(2)3)14-8(12)13-5/h7H,6H2,1-5H3/b11-10+. The number of methoxy groups -OCH3 is 1. The van der Waals surface area contributed by atoms with E-state index < -0.39 is 11.9 Å². The van der Waals surface area contributed by atoms with Crippen LogP contribution in [0.15, 0.2) is 10.2 Å². The Balaban J connectivity index is 4.39. The maximum absolute atomic E-state index is 10.9. The van der Waals surface area contributed by atoms with Gasteiger partial charge in [0, 0.05) is 6.42 Å². The van der Waals surface area contributed by atoms with Gasteiger partial charge in [-0.1, -0.05) is 6.92 Å². The molecule has 5 heteroatoms. The third-order valence-corrected chi connectivity index (χ3v) is 1.63. The zero-order valence-electron chi connectivity index (χ0n) is 9.40. The lowest BCUT2D eigenvalue weighted by Gasteiger charge is -2.21. The molecule has 0 aliphatic heterocycles. The highest BCUT2D eigenvalue weighted by atomic mass is 16.7. The van der Waals surface area contributed by atoms with Crippen molar-refractivity contribution in [3.8, 4) is 0 Å².